The van der Waals surface area contributed by atoms with Crippen molar-refractivity contribution < 1.29 is 0 Å². The average molecular weight is 243 g/mol. The molecule has 0 fully saturated rings. The van der Waals surface area contributed by atoms with Crippen molar-refractivity contribution in [1.82, 2.24) is 15.1 Å². The zero-order chi connectivity index (χ0) is 13.0. The first-order valence-corrected chi connectivity index (χ1v) is 6.48. The highest BCUT2D eigenvalue weighted by molar-refractivity contribution is 5.24. The molecule has 3 nitrogen and oxygen atoms in total. The lowest BCUT2D eigenvalue weighted by atomic mass is 10.0. The zero-order valence-electron chi connectivity index (χ0n) is 11.4. The minimum absolute atomic E-state index is 0.358. The van der Waals surface area contributed by atoms with Crippen LogP contribution < -0.4 is 5.32 Å². The minimum atomic E-state index is 0.358. The van der Waals surface area contributed by atoms with Gasteiger partial charge in [0.1, 0.15) is 0 Å². The van der Waals surface area contributed by atoms with Crippen LogP contribution in [0.25, 0.3) is 0 Å². The fraction of sp³-hybridized carbons (Fsp3) is 0.400. The third-order valence-corrected chi connectivity index (χ3v) is 3.26. The third-order valence-electron chi connectivity index (χ3n) is 3.26. The van der Waals surface area contributed by atoms with Gasteiger partial charge in [0, 0.05) is 31.4 Å². The summed E-state index contributed by atoms with van der Waals surface area (Å²) in [4.78, 5) is 0. The van der Waals surface area contributed by atoms with Crippen molar-refractivity contribution in [2.45, 2.75) is 32.9 Å². The summed E-state index contributed by atoms with van der Waals surface area (Å²) in [5, 5.41) is 7.68. The van der Waals surface area contributed by atoms with E-state index in [9.17, 15) is 0 Å². The van der Waals surface area contributed by atoms with Crippen molar-refractivity contribution in [3.05, 3.63) is 53.3 Å². The van der Waals surface area contributed by atoms with Gasteiger partial charge >= 0.3 is 0 Å². The van der Waals surface area contributed by atoms with Crippen LogP contribution in [-0.2, 0) is 20.0 Å². The number of aryl methyl sites for hydroxylation is 2. The maximum atomic E-state index is 4.17. The molecule has 0 unspecified atom stereocenters. The van der Waals surface area contributed by atoms with Crippen LogP contribution >= 0.6 is 0 Å². The SMILES string of the molecule is CCc1ccc([C@H](C)NCc2cnn(C)c2)cc1. The summed E-state index contributed by atoms with van der Waals surface area (Å²) < 4.78 is 1.83. The molecule has 0 saturated carbocycles. The van der Waals surface area contributed by atoms with Gasteiger partial charge in [-0.3, -0.25) is 4.68 Å². The summed E-state index contributed by atoms with van der Waals surface area (Å²) in [7, 11) is 1.94. The second kappa shape index (κ2) is 5.83. The van der Waals surface area contributed by atoms with E-state index in [1.54, 1.807) is 0 Å². The van der Waals surface area contributed by atoms with Crippen LogP contribution in [0.15, 0.2) is 36.7 Å². The molecule has 0 aliphatic heterocycles. The minimum Gasteiger partial charge on any atom is -0.306 e. The standard InChI is InChI=1S/C15H21N3/c1-4-13-5-7-15(8-6-13)12(2)16-9-14-10-17-18(3)11-14/h5-8,10-12,16H,4,9H2,1-3H3/t12-/m0/s1. The average Bonchev–Trinajstić information content (AvgIpc) is 2.82. The number of hydrogen-bond acceptors (Lipinski definition) is 2. The Morgan fingerprint density at radius 1 is 1.22 bits per heavy atom. The summed E-state index contributed by atoms with van der Waals surface area (Å²) in [5.74, 6) is 0. The van der Waals surface area contributed by atoms with Gasteiger partial charge in [-0.15, -0.1) is 0 Å². The van der Waals surface area contributed by atoms with E-state index >= 15 is 0 Å². The summed E-state index contributed by atoms with van der Waals surface area (Å²) in [6.45, 7) is 5.22. The smallest absolute Gasteiger partial charge is 0.0534 e. The number of nitrogens with one attached hydrogen (secondary N) is 1. The van der Waals surface area contributed by atoms with Crippen molar-refractivity contribution >= 4 is 0 Å². The van der Waals surface area contributed by atoms with E-state index in [2.05, 4.69) is 48.5 Å². The molecule has 0 spiro atoms. The molecule has 0 bridgehead atoms. The lowest BCUT2D eigenvalue weighted by molar-refractivity contribution is 0.574. The summed E-state index contributed by atoms with van der Waals surface area (Å²) >= 11 is 0. The predicted octanol–water partition coefficient (Wildman–Crippen LogP) is 2.83. The van der Waals surface area contributed by atoms with Gasteiger partial charge in [-0.2, -0.15) is 5.10 Å². The van der Waals surface area contributed by atoms with Gasteiger partial charge in [0.15, 0.2) is 0 Å². The summed E-state index contributed by atoms with van der Waals surface area (Å²) in [6.07, 6.45) is 5.04. The molecular formula is C15H21N3. The topological polar surface area (TPSA) is 29.9 Å². The normalized spacial score (nSPS) is 12.6. The molecule has 0 aliphatic rings. The molecule has 1 N–H and O–H groups in total. The predicted molar refractivity (Wildman–Crippen MR) is 74.3 cm³/mol. The van der Waals surface area contributed by atoms with Crippen LogP contribution in [0.3, 0.4) is 0 Å². The lowest BCUT2D eigenvalue weighted by Gasteiger charge is -2.14. The van der Waals surface area contributed by atoms with Crippen molar-refractivity contribution in [3.63, 3.8) is 0 Å². The highest BCUT2D eigenvalue weighted by Gasteiger charge is 2.05. The second-order valence-corrected chi connectivity index (χ2v) is 4.72. The molecule has 0 radical (unpaired) electrons. The van der Waals surface area contributed by atoms with Gasteiger partial charge in [-0.25, -0.2) is 0 Å². The Hall–Kier alpha value is -1.61. The van der Waals surface area contributed by atoms with E-state index < -0.39 is 0 Å². The molecule has 2 aromatic rings. The fourth-order valence-corrected chi connectivity index (χ4v) is 1.99. The van der Waals surface area contributed by atoms with Crippen molar-refractivity contribution in [1.29, 1.82) is 0 Å². The van der Waals surface area contributed by atoms with E-state index in [1.807, 2.05) is 24.1 Å². The van der Waals surface area contributed by atoms with Crippen LogP contribution in [-0.4, -0.2) is 9.78 Å². The first kappa shape index (κ1) is 12.8. The van der Waals surface area contributed by atoms with Crippen LogP contribution in [0.2, 0.25) is 0 Å². The van der Waals surface area contributed by atoms with Gasteiger partial charge in [0.2, 0.25) is 0 Å². The van der Waals surface area contributed by atoms with Crippen LogP contribution in [0.4, 0.5) is 0 Å². The molecule has 1 aromatic carbocycles. The maximum Gasteiger partial charge on any atom is 0.0534 e. The van der Waals surface area contributed by atoms with Gasteiger partial charge in [0.25, 0.3) is 0 Å². The molecule has 18 heavy (non-hydrogen) atoms. The Kier molecular flexibility index (Phi) is 4.15. The zero-order valence-corrected chi connectivity index (χ0v) is 11.4. The van der Waals surface area contributed by atoms with Crippen molar-refractivity contribution in [3.8, 4) is 0 Å². The Morgan fingerprint density at radius 2 is 1.94 bits per heavy atom. The Labute approximate surface area is 109 Å². The molecular weight excluding hydrogens is 222 g/mol. The summed E-state index contributed by atoms with van der Waals surface area (Å²) in [6, 6.07) is 9.19. The maximum absolute atomic E-state index is 4.17. The van der Waals surface area contributed by atoms with E-state index in [4.69, 9.17) is 0 Å². The number of nitrogens with zero attached hydrogens (tertiary/aromatic N) is 2. The number of benzene rings is 1. The highest BCUT2D eigenvalue weighted by atomic mass is 15.2. The third kappa shape index (κ3) is 3.20. The van der Waals surface area contributed by atoms with Gasteiger partial charge < -0.3 is 5.32 Å². The van der Waals surface area contributed by atoms with Gasteiger partial charge in [0.05, 0.1) is 6.20 Å². The van der Waals surface area contributed by atoms with Gasteiger partial charge in [-0.1, -0.05) is 31.2 Å². The number of rotatable bonds is 5. The van der Waals surface area contributed by atoms with Crippen molar-refractivity contribution in [2.75, 3.05) is 0 Å². The Morgan fingerprint density at radius 3 is 2.50 bits per heavy atom. The molecule has 0 amide bonds. The Balaban J connectivity index is 1.92. The van der Waals surface area contributed by atoms with E-state index in [0.717, 1.165) is 13.0 Å². The molecule has 1 heterocycles. The number of aromatic nitrogens is 2. The largest absolute Gasteiger partial charge is 0.306 e. The molecule has 1 atom stereocenters. The molecule has 3 heteroatoms. The fourth-order valence-electron chi connectivity index (χ4n) is 1.99. The molecule has 2 rings (SSSR count). The molecule has 1 aromatic heterocycles. The quantitative estimate of drug-likeness (QED) is 0.875. The van der Waals surface area contributed by atoms with Crippen molar-refractivity contribution in [2.24, 2.45) is 7.05 Å². The first-order valence-electron chi connectivity index (χ1n) is 6.48. The molecule has 96 valence electrons. The lowest BCUT2D eigenvalue weighted by Crippen LogP contribution is -2.17. The van der Waals surface area contributed by atoms with E-state index in [1.165, 1.54) is 16.7 Å². The Bertz CT molecular complexity index is 485. The molecule has 0 saturated heterocycles. The second-order valence-electron chi connectivity index (χ2n) is 4.72. The first-order chi connectivity index (χ1) is 8.69. The van der Waals surface area contributed by atoms with E-state index in [0.29, 0.717) is 6.04 Å². The monoisotopic (exact) mass is 243 g/mol. The highest BCUT2D eigenvalue weighted by Crippen LogP contribution is 2.14. The van der Waals surface area contributed by atoms with E-state index in [-0.39, 0.29) is 0 Å². The van der Waals surface area contributed by atoms with Crippen LogP contribution in [0, 0.1) is 0 Å². The van der Waals surface area contributed by atoms with Crippen LogP contribution in [0.1, 0.15) is 36.6 Å². The summed E-state index contributed by atoms with van der Waals surface area (Å²) in [5.41, 5.74) is 3.93. The molecule has 0 aliphatic carbocycles. The number of hydrogen-bond donors (Lipinski definition) is 1. The van der Waals surface area contributed by atoms with Gasteiger partial charge in [-0.05, 0) is 24.5 Å². The van der Waals surface area contributed by atoms with Crippen LogP contribution in [0.5, 0.6) is 0 Å².